The molecule has 0 spiro atoms. The number of esters is 1. The molecule has 24 heavy (non-hydrogen) atoms. The lowest BCUT2D eigenvalue weighted by atomic mass is 10.2. The lowest BCUT2D eigenvalue weighted by Crippen LogP contribution is -2.08. The number of hydrogen-bond donors (Lipinski definition) is 0. The first-order chi connectivity index (χ1) is 11.8. The largest absolute Gasteiger partial charge is 0.423 e. The standard InChI is InChI=1S/C21H23NO2/c1-2-3-4-8-14-22-15-13-17-11-12-19(16-20(17)22)24-21(23)18-9-6-5-7-10-18/h5-7,9-13,15-16H,2-4,8,14H2,1H3. The molecule has 124 valence electrons. The summed E-state index contributed by atoms with van der Waals surface area (Å²) in [6.07, 6.45) is 7.05. The zero-order valence-corrected chi connectivity index (χ0v) is 14.1. The molecule has 0 aliphatic carbocycles. The van der Waals surface area contributed by atoms with Gasteiger partial charge >= 0.3 is 5.97 Å². The first-order valence-corrected chi connectivity index (χ1v) is 8.64. The molecule has 2 aromatic carbocycles. The summed E-state index contributed by atoms with van der Waals surface area (Å²) < 4.78 is 7.76. The van der Waals surface area contributed by atoms with E-state index in [1.807, 2.05) is 36.4 Å². The van der Waals surface area contributed by atoms with Gasteiger partial charge in [-0.15, -0.1) is 0 Å². The van der Waals surface area contributed by atoms with Crippen LogP contribution in [-0.4, -0.2) is 10.5 Å². The Kier molecular flexibility index (Phi) is 5.32. The quantitative estimate of drug-likeness (QED) is 0.329. The summed E-state index contributed by atoms with van der Waals surface area (Å²) in [4.78, 5) is 12.2. The Balaban J connectivity index is 1.74. The minimum absolute atomic E-state index is 0.323. The molecular weight excluding hydrogens is 298 g/mol. The fraction of sp³-hybridized carbons (Fsp3) is 0.286. The molecule has 3 heteroatoms. The molecule has 0 fully saturated rings. The number of nitrogens with zero attached hydrogens (tertiary/aromatic N) is 1. The lowest BCUT2D eigenvalue weighted by molar-refractivity contribution is 0.0735. The van der Waals surface area contributed by atoms with Crippen molar-refractivity contribution in [2.24, 2.45) is 0 Å². The second-order valence-electron chi connectivity index (χ2n) is 6.05. The van der Waals surface area contributed by atoms with Crippen LogP contribution in [-0.2, 0) is 6.54 Å². The first kappa shape index (κ1) is 16.3. The normalized spacial score (nSPS) is 10.9. The van der Waals surface area contributed by atoms with Crippen molar-refractivity contribution < 1.29 is 9.53 Å². The number of carbonyl (C=O) groups excluding carboxylic acids is 1. The predicted molar refractivity (Wildman–Crippen MR) is 97.5 cm³/mol. The van der Waals surface area contributed by atoms with Crippen LogP contribution in [0, 0.1) is 0 Å². The number of aryl methyl sites for hydroxylation is 1. The van der Waals surface area contributed by atoms with E-state index in [2.05, 4.69) is 23.8 Å². The van der Waals surface area contributed by atoms with Gasteiger partial charge in [0.1, 0.15) is 5.75 Å². The highest BCUT2D eigenvalue weighted by Gasteiger charge is 2.09. The second-order valence-corrected chi connectivity index (χ2v) is 6.05. The number of unbranched alkanes of at least 4 members (excludes halogenated alkanes) is 3. The smallest absolute Gasteiger partial charge is 0.343 e. The maximum atomic E-state index is 12.2. The third-order valence-electron chi connectivity index (χ3n) is 4.22. The van der Waals surface area contributed by atoms with Gasteiger partial charge in [0.2, 0.25) is 0 Å². The minimum Gasteiger partial charge on any atom is -0.423 e. The van der Waals surface area contributed by atoms with Crippen LogP contribution < -0.4 is 4.74 Å². The molecule has 0 saturated carbocycles. The zero-order valence-electron chi connectivity index (χ0n) is 14.1. The van der Waals surface area contributed by atoms with E-state index in [9.17, 15) is 4.79 Å². The van der Waals surface area contributed by atoms with Crippen molar-refractivity contribution in [3.63, 3.8) is 0 Å². The summed E-state index contributed by atoms with van der Waals surface area (Å²) in [6.45, 7) is 3.22. The maximum Gasteiger partial charge on any atom is 0.343 e. The first-order valence-electron chi connectivity index (χ1n) is 8.64. The fourth-order valence-electron chi connectivity index (χ4n) is 2.87. The van der Waals surface area contributed by atoms with E-state index in [0.717, 1.165) is 12.1 Å². The average molecular weight is 321 g/mol. The molecule has 0 saturated heterocycles. The van der Waals surface area contributed by atoms with Crippen molar-refractivity contribution in [1.29, 1.82) is 0 Å². The van der Waals surface area contributed by atoms with Gasteiger partial charge in [-0.05, 0) is 42.1 Å². The SMILES string of the molecule is CCCCCCn1ccc2ccc(OC(=O)c3ccccc3)cc21. The van der Waals surface area contributed by atoms with Gasteiger partial charge in [-0.2, -0.15) is 0 Å². The number of benzene rings is 2. The van der Waals surface area contributed by atoms with Gasteiger partial charge in [-0.3, -0.25) is 0 Å². The summed E-state index contributed by atoms with van der Waals surface area (Å²) in [5, 5.41) is 1.17. The Morgan fingerprint density at radius 1 is 1.00 bits per heavy atom. The van der Waals surface area contributed by atoms with Gasteiger partial charge in [-0.25, -0.2) is 4.79 Å². The number of carbonyl (C=O) groups is 1. The molecule has 3 rings (SSSR count). The fourth-order valence-corrected chi connectivity index (χ4v) is 2.87. The molecule has 0 aliphatic rings. The molecule has 0 bridgehead atoms. The molecule has 3 nitrogen and oxygen atoms in total. The van der Waals surface area contributed by atoms with E-state index in [1.165, 1.54) is 31.1 Å². The van der Waals surface area contributed by atoms with Gasteiger partial charge in [0.25, 0.3) is 0 Å². The Morgan fingerprint density at radius 2 is 1.83 bits per heavy atom. The van der Waals surface area contributed by atoms with Crippen LogP contribution in [0.2, 0.25) is 0 Å². The Bertz CT molecular complexity index is 805. The van der Waals surface area contributed by atoms with Crippen LogP contribution in [0.5, 0.6) is 5.75 Å². The summed E-state index contributed by atoms with van der Waals surface area (Å²) in [6, 6.07) is 17.0. The van der Waals surface area contributed by atoms with E-state index in [1.54, 1.807) is 12.1 Å². The van der Waals surface area contributed by atoms with Gasteiger partial charge in [0.05, 0.1) is 11.1 Å². The Morgan fingerprint density at radius 3 is 2.62 bits per heavy atom. The molecule has 0 amide bonds. The minimum atomic E-state index is -0.323. The highest BCUT2D eigenvalue weighted by molar-refractivity contribution is 5.91. The molecule has 0 atom stereocenters. The molecular formula is C21H23NO2. The van der Waals surface area contributed by atoms with E-state index in [4.69, 9.17) is 4.74 Å². The van der Waals surface area contributed by atoms with Crippen molar-refractivity contribution in [2.45, 2.75) is 39.2 Å². The number of aromatic nitrogens is 1. The third-order valence-corrected chi connectivity index (χ3v) is 4.22. The van der Waals surface area contributed by atoms with Gasteiger partial charge in [-0.1, -0.05) is 44.4 Å². The van der Waals surface area contributed by atoms with E-state index in [0.29, 0.717) is 11.3 Å². The molecule has 0 unspecified atom stereocenters. The summed E-state index contributed by atoms with van der Waals surface area (Å²) >= 11 is 0. The van der Waals surface area contributed by atoms with E-state index >= 15 is 0 Å². The highest BCUT2D eigenvalue weighted by Crippen LogP contribution is 2.23. The third kappa shape index (κ3) is 3.85. The van der Waals surface area contributed by atoms with Crippen LogP contribution in [0.25, 0.3) is 10.9 Å². The molecule has 1 heterocycles. The molecule has 0 N–H and O–H groups in total. The number of hydrogen-bond acceptors (Lipinski definition) is 2. The average Bonchev–Trinajstić information content (AvgIpc) is 3.02. The number of rotatable bonds is 7. The van der Waals surface area contributed by atoms with Crippen LogP contribution in [0.15, 0.2) is 60.8 Å². The van der Waals surface area contributed by atoms with E-state index < -0.39 is 0 Å². The van der Waals surface area contributed by atoms with Crippen molar-refractivity contribution in [1.82, 2.24) is 4.57 Å². The maximum absolute atomic E-state index is 12.2. The lowest BCUT2D eigenvalue weighted by Gasteiger charge is -2.08. The van der Waals surface area contributed by atoms with Crippen molar-refractivity contribution >= 4 is 16.9 Å². The van der Waals surface area contributed by atoms with Crippen molar-refractivity contribution in [3.05, 3.63) is 66.4 Å². The monoisotopic (exact) mass is 321 g/mol. The number of fused-ring (bicyclic) bond motifs is 1. The van der Waals surface area contributed by atoms with Gasteiger partial charge in [0, 0.05) is 18.8 Å². The summed E-state index contributed by atoms with van der Waals surface area (Å²) in [5.41, 5.74) is 1.68. The molecule has 0 aliphatic heterocycles. The van der Waals surface area contributed by atoms with E-state index in [-0.39, 0.29) is 5.97 Å². The van der Waals surface area contributed by atoms with Crippen LogP contribution in [0.1, 0.15) is 43.0 Å². The summed E-state index contributed by atoms with van der Waals surface area (Å²) in [7, 11) is 0. The topological polar surface area (TPSA) is 31.2 Å². The highest BCUT2D eigenvalue weighted by atomic mass is 16.5. The second kappa shape index (κ2) is 7.82. The van der Waals surface area contributed by atoms with Crippen molar-refractivity contribution in [3.8, 4) is 5.75 Å². The Labute approximate surface area is 142 Å². The summed E-state index contributed by atoms with van der Waals surface area (Å²) in [5.74, 6) is 0.265. The van der Waals surface area contributed by atoms with Crippen molar-refractivity contribution in [2.75, 3.05) is 0 Å². The molecule has 3 aromatic rings. The molecule has 1 aromatic heterocycles. The van der Waals surface area contributed by atoms with Gasteiger partial charge < -0.3 is 9.30 Å². The number of ether oxygens (including phenoxy) is 1. The Hall–Kier alpha value is -2.55. The zero-order chi connectivity index (χ0) is 16.8. The van der Waals surface area contributed by atoms with Gasteiger partial charge in [0.15, 0.2) is 0 Å². The van der Waals surface area contributed by atoms with Crippen LogP contribution in [0.4, 0.5) is 0 Å². The van der Waals surface area contributed by atoms with Crippen LogP contribution >= 0.6 is 0 Å². The molecule has 0 radical (unpaired) electrons. The predicted octanol–water partition coefficient (Wildman–Crippen LogP) is 5.44. The van der Waals surface area contributed by atoms with Crippen LogP contribution in [0.3, 0.4) is 0 Å².